The van der Waals surface area contributed by atoms with E-state index >= 15 is 0 Å². The molecule has 1 aromatic heterocycles. The zero-order valence-electron chi connectivity index (χ0n) is 18.8. The fourth-order valence-electron chi connectivity index (χ4n) is 3.10. The predicted octanol–water partition coefficient (Wildman–Crippen LogP) is 7.16. The zero-order chi connectivity index (χ0) is 24.2. The third kappa shape index (κ3) is 6.06. The van der Waals surface area contributed by atoms with Crippen LogP contribution in [0.4, 0.5) is 13.2 Å². The molecule has 0 fully saturated rings. The van der Waals surface area contributed by atoms with Crippen molar-refractivity contribution in [2.75, 3.05) is 6.61 Å². The van der Waals surface area contributed by atoms with Gasteiger partial charge in [0.25, 0.3) is 0 Å². The lowest BCUT2D eigenvalue weighted by atomic mass is 10.1. The van der Waals surface area contributed by atoms with Crippen LogP contribution in [-0.2, 0) is 15.7 Å². The van der Waals surface area contributed by atoms with Crippen molar-refractivity contribution in [3.8, 4) is 17.1 Å². The molecule has 0 spiro atoms. The first-order valence-corrected chi connectivity index (χ1v) is 10.4. The van der Waals surface area contributed by atoms with E-state index in [1.807, 2.05) is 24.3 Å². The van der Waals surface area contributed by atoms with Crippen molar-refractivity contribution in [2.45, 2.75) is 39.5 Å². The SMILES string of the molecule is CCOC(=O)C(C)(C)Oc1ccc(C=Cc2cc(-c3ccc(C(F)(F)F)cc3)oc2C)cc1. The second kappa shape index (κ2) is 9.57. The quantitative estimate of drug-likeness (QED) is 0.352. The molecule has 0 amide bonds. The summed E-state index contributed by atoms with van der Waals surface area (Å²) in [5.74, 6) is 1.24. The van der Waals surface area contributed by atoms with E-state index in [9.17, 15) is 18.0 Å². The molecule has 0 N–H and O–H groups in total. The van der Waals surface area contributed by atoms with E-state index in [4.69, 9.17) is 13.9 Å². The lowest BCUT2D eigenvalue weighted by Crippen LogP contribution is -2.39. The normalized spacial score (nSPS) is 12.2. The van der Waals surface area contributed by atoms with Gasteiger partial charge in [0.15, 0.2) is 5.60 Å². The highest BCUT2D eigenvalue weighted by Crippen LogP contribution is 2.32. The van der Waals surface area contributed by atoms with Gasteiger partial charge in [-0.25, -0.2) is 4.79 Å². The number of carbonyl (C=O) groups excluding carboxylic acids is 1. The molecule has 0 saturated heterocycles. The molecule has 3 aromatic rings. The molecule has 0 radical (unpaired) electrons. The molecular formula is C26H25F3O4. The molecule has 4 nitrogen and oxygen atoms in total. The number of ether oxygens (including phenoxy) is 2. The highest BCUT2D eigenvalue weighted by Gasteiger charge is 2.31. The summed E-state index contributed by atoms with van der Waals surface area (Å²) >= 11 is 0. The van der Waals surface area contributed by atoms with E-state index in [0.29, 0.717) is 22.8 Å². The van der Waals surface area contributed by atoms with Crippen molar-refractivity contribution in [3.05, 3.63) is 77.0 Å². The first-order valence-electron chi connectivity index (χ1n) is 10.4. The van der Waals surface area contributed by atoms with Crippen LogP contribution in [0.1, 0.15) is 43.2 Å². The van der Waals surface area contributed by atoms with Crippen LogP contribution in [0, 0.1) is 6.92 Å². The molecule has 0 saturated carbocycles. The van der Waals surface area contributed by atoms with Gasteiger partial charge in [-0.1, -0.05) is 36.4 Å². The Morgan fingerprint density at radius 2 is 1.64 bits per heavy atom. The Bertz CT molecular complexity index is 1120. The van der Waals surface area contributed by atoms with Crippen LogP contribution in [0.5, 0.6) is 5.75 Å². The summed E-state index contributed by atoms with van der Waals surface area (Å²) in [5.41, 5.74) is 0.474. The average Bonchev–Trinajstić information content (AvgIpc) is 3.13. The molecule has 1 heterocycles. The van der Waals surface area contributed by atoms with Crippen molar-refractivity contribution < 1.29 is 31.9 Å². The van der Waals surface area contributed by atoms with Crippen LogP contribution < -0.4 is 4.74 Å². The number of hydrogen-bond acceptors (Lipinski definition) is 4. The maximum Gasteiger partial charge on any atom is 0.416 e. The predicted molar refractivity (Wildman–Crippen MR) is 121 cm³/mol. The first-order chi connectivity index (χ1) is 15.5. The second-order valence-corrected chi connectivity index (χ2v) is 7.93. The van der Waals surface area contributed by atoms with Crippen LogP contribution in [0.15, 0.2) is 59.0 Å². The molecule has 0 aliphatic rings. The number of rotatable bonds is 7. The summed E-state index contributed by atoms with van der Waals surface area (Å²) in [4.78, 5) is 12.0. The Kier molecular flexibility index (Phi) is 7.01. The summed E-state index contributed by atoms with van der Waals surface area (Å²) in [5, 5.41) is 0. The van der Waals surface area contributed by atoms with Crippen molar-refractivity contribution in [2.24, 2.45) is 0 Å². The van der Waals surface area contributed by atoms with E-state index < -0.39 is 23.3 Å². The van der Waals surface area contributed by atoms with Crippen LogP contribution in [0.3, 0.4) is 0 Å². The Labute approximate surface area is 190 Å². The van der Waals surface area contributed by atoms with Crippen LogP contribution in [0.2, 0.25) is 0 Å². The van der Waals surface area contributed by atoms with Gasteiger partial charge in [0.05, 0.1) is 12.2 Å². The molecule has 0 unspecified atom stereocenters. The largest absolute Gasteiger partial charge is 0.476 e. The van der Waals surface area contributed by atoms with Crippen molar-refractivity contribution >= 4 is 18.1 Å². The zero-order valence-corrected chi connectivity index (χ0v) is 18.8. The lowest BCUT2D eigenvalue weighted by Gasteiger charge is -2.24. The van der Waals surface area contributed by atoms with Gasteiger partial charge in [-0.15, -0.1) is 0 Å². The first kappa shape index (κ1) is 24.2. The summed E-state index contributed by atoms with van der Waals surface area (Å²) in [7, 11) is 0. The highest BCUT2D eigenvalue weighted by molar-refractivity contribution is 5.79. The van der Waals surface area contributed by atoms with Gasteiger partial charge in [0.1, 0.15) is 17.3 Å². The fourth-order valence-corrected chi connectivity index (χ4v) is 3.10. The highest BCUT2D eigenvalue weighted by atomic mass is 19.4. The number of carbonyl (C=O) groups is 1. The van der Waals surface area contributed by atoms with E-state index in [2.05, 4.69) is 0 Å². The van der Waals surface area contributed by atoms with Gasteiger partial charge in [-0.3, -0.25) is 0 Å². The minimum atomic E-state index is -4.37. The van der Waals surface area contributed by atoms with Gasteiger partial charge in [0, 0.05) is 11.1 Å². The summed E-state index contributed by atoms with van der Waals surface area (Å²) in [6.45, 7) is 7.11. The number of furan rings is 1. The summed E-state index contributed by atoms with van der Waals surface area (Å²) in [6.07, 6.45) is -0.625. The van der Waals surface area contributed by atoms with E-state index in [0.717, 1.165) is 23.3 Å². The molecule has 0 aliphatic heterocycles. The molecule has 2 aromatic carbocycles. The molecule has 7 heteroatoms. The van der Waals surface area contributed by atoms with Crippen LogP contribution >= 0.6 is 0 Å². The van der Waals surface area contributed by atoms with Crippen LogP contribution in [-0.4, -0.2) is 18.2 Å². The molecule has 33 heavy (non-hydrogen) atoms. The van der Waals surface area contributed by atoms with Gasteiger partial charge in [-0.2, -0.15) is 13.2 Å². The summed E-state index contributed by atoms with van der Waals surface area (Å²) < 4.78 is 54.8. The minimum Gasteiger partial charge on any atom is -0.476 e. The maximum atomic E-state index is 12.8. The Morgan fingerprint density at radius 3 is 2.21 bits per heavy atom. The number of benzene rings is 2. The number of esters is 1. The molecule has 0 atom stereocenters. The second-order valence-electron chi connectivity index (χ2n) is 7.93. The van der Waals surface area contributed by atoms with Gasteiger partial charge < -0.3 is 13.9 Å². The smallest absolute Gasteiger partial charge is 0.416 e. The molecule has 0 aliphatic carbocycles. The Hall–Kier alpha value is -3.48. The third-order valence-corrected chi connectivity index (χ3v) is 4.93. The number of halogens is 3. The van der Waals surface area contributed by atoms with Crippen molar-refractivity contribution in [3.63, 3.8) is 0 Å². The monoisotopic (exact) mass is 458 g/mol. The average molecular weight is 458 g/mol. The van der Waals surface area contributed by atoms with Crippen LogP contribution in [0.25, 0.3) is 23.5 Å². The number of alkyl halides is 3. The third-order valence-electron chi connectivity index (χ3n) is 4.93. The van der Waals surface area contributed by atoms with Crippen molar-refractivity contribution in [1.29, 1.82) is 0 Å². The lowest BCUT2D eigenvalue weighted by molar-refractivity contribution is -0.158. The number of hydrogen-bond donors (Lipinski definition) is 0. The summed E-state index contributed by atoms with van der Waals surface area (Å²) in [6, 6.07) is 13.9. The Balaban J connectivity index is 1.70. The maximum absolute atomic E-state index is 12.8. The molecular weight excluding hydrogens is 433 g/mol. The van der Waals surface area contributed by atoms with Gasteiger partial charge >= 0.3 is 12.1 Å². The standard InChI is InChI=1S/C26H25F3O4/c1-5-31-24(30)25(3,4)33-22-14-7-18(8-15-22)6-9-20-16-23(32-17(20)2)19-10-12-21(13-11-19)26(27,28)29/h6-16H,5H2,1-4H3. The number of aryl methyl sites for hydroxylation is 1. The van der Waals surface area contributed by atoms with E-state index in [-0.39, 0.29) is 6.61 Å². The minimum absolute atomic E-state index is 0.281. The molecule has 3 rings (SSSR count). The van der Waals surface area contributed by atoms with Crippen molar-refractivity contribution in [1.82, 2.24) is 0 Å². The fraction of sp³-hybridized carbons (Fsp3) is 0.269. The van der Waals surface area contributed by atoms with E-state index in [1.54, 1.807) is 45.9 Å². The van der Waals surface area contributed by atoms with Gasteiger partial charge in [0.2, 0.25) is 0 Å². The molecule has 0 bridgehead atoms. The molecule has 174 valence electrons. The topological polar surface area (TPSA) is 48.7 Å². The van der Waals surface area contributed by atoms with E-state index in [1.165, 1.54) is 12.1 Å². The Morgan fingerprint density at radius 1 is 1.00 bits per heavy atom. The van der Waals surface area contributed by atoms with Gasteiger partial charge in [-0.05, 0) is 63.6 Å².